The third kappa shape index (κ3) is 3.32. The summed E-state index contributed by atoms with van der Waals surface area (Å²) < 4.78 is 12.8. The molecule has 1 aliphatic carbocycles. The standard InChI is InChI=1S/C16H24FN/c1-4-16(2,3)11-18-15-9-13(10-15)12-5-7-14(17)8-6-12/h5-8,13,15,18H,4,9-11H2,1-3H3. The fourth-order valence-corrected chi connectivity index (χ4v) is 2.34. The lowest BCUT2D eigenvalue weighted by Crippen LogP contribution is -2.44. The molecule has 0 unspecified atom stereocenters. The SMILES string of the molecule is CCC(C)(C)CNC1CC(c2ccc(F)cc2)C1. The molecule has 0 radical (unpaired) electrons. The van der Waals surface area contributed by atoms with E-state index < -0.39 is 0 Å². The molecule has 0 aromatic heterocycles. The van der Waals surface area contributed by atoms with Crippen molar-refractivity contribution in [3.05, 3.63) is 35.6 Å². The van der Waals surface area contributed by atoms with E-state index in [1.807, 2.05) is 12.1 Å². The van der Waals surface area contributed by atoms with Crippen molar-refractivity contribution in [3.63, 3.8) is 0 Å². The van der Waals surface area contributed by atoms with Gasteiger partial charge >= 0.3 is 0 Å². The number of hydrogen-bond acceptors (Lipinski definition) is 1. The molecule has 1 fully saturated rings. The zero-order chi connectivity index (χ0) is 13.2. The summed E-state index contributed by atoms with van der Waals surface area (Å²) in [7, 11) is 0. The van der Waals surface area contributed by atoms with Gasteiger partial charge in [-0.25, -0.2) is 4.39 Å². The Balaban J connectivity index is 1.75. The van der Waals surface area contributed by atoms with Gasteiger partial charge in [0.25, 0.3) is 0 Å². The Kier molecular flexibility index (Phi) is 4.06. The predicted molar refractivity (Wildman–Crippen MR) is 74.2 cm³/mol. The van der Waals surface area contributed by atoms with Crippen LogP contribution in [-0.2, 0) is 0 Å². The molecule has 18 heavy (non-hydrogen) atoms. The Morgan fingerprint density at radius 2 is 1.83 bits per heavy atom. The normalized spacial score (nSPS) is 23.8. The van der Waals surface area contributed by atoms with E-state index in [-0.39, 0.29) is 5.82 Å². The molecular weight excluding hydrogens is 225 g/mol. The van der Waals surface area contributed by atoms with Crippen LogP contribution in [0.25, 0.3) is 0 Å². The third-order valence-electron chi connectivity index (χ3n) is 4.31. The molecule has 100 valence electrons. The van der Waals surface area contributed by atoms with E-state index in [1.165, 1.54) is 24.8 Å². The summed E-state index contributed by atoms with van der Waals surface area (Å²) in [6.45, 7) is 7.93. The maximum atomic E-state index is 12.8. The number of benzene rings is 1. The van der Waals surface area contributed by atoms with Crippen LogP contribution in [0.3, 0.4) is 0 Å². The monoisotopic (exact) mass is 249 g/mol. The fourth-order valence-electron chi connectivity index (χ4n) is 2.34. The highest BCUT2D eigenvalue weighted by molar-refractivity contribution is 5.23. The Morgan fingerprint density at radius 1 is 1.22 bits per heavy atom. The van der Waals surface area contributed by atoms with Crippen molar-refractivity contribution in [1.29, 1.82) is 0 Å². The van der Waals surface area contributed by atoms with Gasteiger partial charge in [-0.2, -0.15) is 0 Å². The van der Waals surface area contributed by atoms with E-state index in [0.29, 0.717) is 17.4 Å². The minimum Gasteiger partial charge on any atom is -0.313 e. The summed E-state index contributed by atoms with van der Waals surface area (Å²) in [6.07, 6.45) is 3.57. The molecule has 0 amide bonds. The average Bonchev–Trinajstić information content (AvgIpc) is 2.29. The van der Waals surface area contributed by atoms with Crippen LogP contribution in [0.5, 0.6) is 0 Å². The zero-order valence-corrected chi connectivity index (χ0v) is 11.7. The van der Waals surface area contributed by atoms with Crippen LogP contribution in [0.15, 0.2) is 24.3 Å². The van der Waals surface area contributed by atoms with Crippen LogP contribution in [0.2, 0.25) is 0 Å². The molecule has 1 N–H and O–H groups in total. The van der Waals surface area contributed by atoms with Crippen LogP contribution in [0.1, 0.15) is 51.5 Å². The first-order chi connectivity index (χ1) is 8.50. The van der Waals surface area contributed by atoms with Gasteiger partial charge in [-0.1, -0.05) is 32.9 Å². The summed E-state index contributed by atoms with van der Waals surface area (Å²) in [5, 5.41) is 3.65. The molecule has 0 aliphatic heterocycles. The second kappa shape index (κ2) is 5.40. The third-order valence-corrected chi connectivity index (χ3v) is 4.31. The highest BCUT2D eigenvalue weighted by atomic mass is 19.1. The molecule has 2 rings (SSSR count). The van der Waals surface area contributed by atoms with Crippen LogP contribution in [0, 0.1) is 11.2 Å². The lowest BCUT2D eigenvalue weighted by Gasteiger charge is -2.38. The zero-order valence-electron chi connectivity index (χ0n) is 11.7. The number of hydrogen-bond donors (Lipinski definition) is 1. The van der Waals surface area contributed by atoms with E-state index in [4.69, 9.17) is 0 Å². The summed E-state index contributed by atoms with van der Waals surface area (Å²) >= 11 is 0. The predicted octanol–water partition coefficient (Wildman–Crippen LogP) is 4.10. The van der Waals surface area contributed by atoms with Gasteiger partial charge in [0, 0.05) is 12.6 Å². The van der Waals surface area contributed by atoms with Crippen LogP contribution >= 0.6 is 0 Å². The largest absolute Gasteiger partial charge is 0.313 e. The molecule has 1 aliphatic rings. The summed E-state index contributed by atoms with van der Waals surface area (Å²) in [5.74, 6) is 0.477. The second-order valence-electron chi connectivity index (χ2n) is 6.32. The molecule has 0 heterocycles. The van der Waals surface area contributed by atoms with E-state index >= 15 is 0 Å². The maximum absolute atomic E-state index is 12.8. The quantitative estimate of drug-likeness (QED) is 0.828. The molecule has 1 aromatic rings. The van der Waals surface area contributed by atoms with Crippen molar-refractivity contribution in [3.8, 4) is 0 Å². The van der Waals surface area contributed by atoms with E-state index in [9.17, 15) is 4.39 Å². The van der Waals surface area contributed by atoms with Crippen LogP contribution < -0.4 is 5.32 Å². The Bertz CT molecular complexity index is 377. The summed E-state index contributed by atoms with van der Waals surface area (Å²) in [4.78, 5) is 0. The first kappa shape index (κ1) is 13.5. The van der Waals surface area contributed by atoms with Crippen molar-refractivity contribution >= 4 is 0 Å². The van der Waals surface area contributed by atoms with Crippen molar-refractivity contribution in [2.24, 2.45) is 5.41 Å². The van der Waals surface area contributed by atoms with Gasteiger partial charge in [0.2, 0.25) is 0 Å². The van der Waals surface area contributed by atoms with Crippen molar-refractivity contribution < 1.29 is 4.39 Å². The van der Waals surface area contributed by atoms with Crippen LogP contribution in [0.4, 0.5) is 4.39 Å². The Labute approximate surface area is 110 Å². The second-order valence-corrected chi connectivity index (χ2v) is 6.32. The highest BCUT2D eigenvalue weighted by Gasteiger charge is 2.30. The number of halogens is 1. The van der Waals surface area contributed by atoms with Gasteiger partial charge in [0.15, 0.2) is 0 Å². The van der Waals surface area contributed by atoms with Crippen molar-refractivity contribution in [1.82, 2.24) is 5.32 Å². The van der Waals surface area contributed by atoms with Gasteiger partial charge in [0.05, 0.1) is 0 Å². The topological polar surface area (TPSA) is 12.0 Å². The first-order valence-corrected chi connectivity index (χ1v) is 6.99. The molecule has 2 heteroatoms. The lowest BCUT2D eigenvalue weighted by atomic mass is 9.75. The minimum absolute atomic E-state index is 0.141. The van der Waals surface area contributed by atoms with E-state index in [0.717, 1.165) is 6.54 Å². The molecule has 1 saturated carbocycles. The maximum Gasteiger partial charge on any atom is 0.123 e. The Morgan fingerprint density at radius 3 is 2.39 bits per heavy atom. The molecule has 0 bridgehead atoms. The van der Waals surface area contributed by atoms with Gasteiger partial charge in [0.1, 0.15) is 5.82 Å². The highest BCUT2D eigenvalue weighted by Crippen LogP contribution is 2.37. The molecular formula is C16H24FN. The average molecular weight is 249 g/mol. The Hall–Kier alpha value is -0.890. The molecule has 1 aromatic carbocycles. The summed E-state index contributed by atoms with van der Waals surface area (Å²) in [6, 6.07) is 7.62. The minimum atomic E-state index is -0.141. The smallest absolute Gasteiger partial charge is 0.123 e. The van der Waals surface area contributed by atoms with Gasteiger partial charge < -0.3 is 5.32 Å². The van der Waals surface area contributed by atoms with Gasteiger partial charge in [-0.15, -0.1) is 0 Å². The van der Waals surface area contributed by atoms with E-state index in [1.54, 1.807) is 12.1 Å². The van der Waals surface area contributed by atoms with Crippen molar-refractivity contribution in [2.45, 2.75) is 52.0 Å². The van der Waals surface area contributed by atoms with Crippen molar-refractivity contribution in [2.75, 3.05) is 6.54 Å². The van der Waals surface area contributed by atoms with Crippen LogP contribution in [-0.4, -0.2) is 12.6 Å². The fraction of sp³-hybridized carbons (Fsp3) is 0.625. The molecule has 0 atom stereocenters. The molecule has 0 spiro atoms. The number of nitrogens with one attached hydrogen (secondary N) is 1. The molecule has 1 nitrogen and oxygen atoms in total. The van der Waals surface area contributed by atoms with Gasteiger partial charge in [-0.3, -0.25) is 0 Å². The first-order valence-electron chi connectivity index (χ1n) is 6.99. The number of rotatable bonds is 5. The van der Waals surface area contributed by atoms with Gasteiger partial charge in [-0.05, 0) is 48.3 Å². The lowest BCUT2D eigenvalue weighted by molar-refractivity contribution is 0.239. The molecule has 0 saturated heterocycles. The summed E-state index contributed by atoms with van der Waals surface area (Å²) in [5.41, 5.74) is 1.67. The van der Waals surface area contributed by atoms with E-state index in [2.05, 4.69) is 26.1 Å².